The van der Waals surface area contributed by atoms with Crippen molar-refractivity contribution < 1.29 is 23.9 Å². The first-order valence-electron chi connectivity index (χ1n) is 11.9. The van der Waals surface area contributed by atoms with Crippen molar-refractivity contribution in [1.82, 2.24) is 0 Å². The molecule has 5 nitrogen and oxygen atoms in total. The molecule has 168 valence electrons. The summed E-state index contributed by atoms with van der Waals surface area (Å²) in [6.45, 7) is 9.37. The molecule has 0 aromatic heterocycles. The van der Waals surface area contributed by atoms with Crippen LogP contribution in [0.4, 0.5) is 0 Å². The number of ether oxygens (including phenoxy) is 2. The van der Waals surface area contributed by atoms with Crippen LogP contribution in [0.1, 0.15) is 86.0 Å². The monoisotopic (exact) mass is 418 g/mol. The van der Waals surface area contributed by atoms with Crippen molar-refractivity contribution in [2.75, 3.05) is 0 Å². The number of hydrogen-bond acceptors (Lipinski definition) is 5. The molecule has 0 amide bonds. The number of ketones is 1. The van der Waals surface area contributed by atoms with Gasteiger partial charge in [-0.3, -0.25) is 14.4 Å². The number of carbonyl (C=O) groups excluding carboxylic acids is 3. The van der Waals surface area contributed by atoms with E-state index in [1.54, 1.807) is 6.92 Å². The van der Waals surface area contributed by atoms with Gasteiger partial charge < -0.3 is 9.47 Å². The SMILES string of the molecule is CC(=O)O[C@@H]1CC[C@@]2(C)[C@@H](CC[C@@H]3[C@@H]2C[C@H](OC(C)=O)[C@]2(C)[C@@H](C(C)=O)CC[C@@H]32)C1. The average Bonchev–Trinajstić information content (AvgIpc) is 3.01. The lowest BCUT2D eigenvalue weighted by atomic mass is 9.44. The molecule has 0 unspecified atom stereocenters. The molecule has 0 bridgehead atoms. The fourth-order valence-electron chi connectivity index (χ4n) is 8.53. The van der Waals surface area contributed by atoms with E-state index >= 15 is 0 Å². The molecular formula is C25H38O5. The highest BCUT2D eigenvalue weighted by Gasteiger charge is 2.65. The van der Waals surface area contributed by atoms with Crippen molar-refractivity contribution in [3.63, 3.8) is 0 Å². The smallest absolute Gasteiger partial charge is 0.302 e. The fourth-order valence-corrected chi connectivity index (χ4v) is 8.53. The van der Waals surface area contributed by atoms with Crippen LogP contribution in [0.5, 0.6) is 0 Å². The molecule has 0 N–H and O–H groups in total. The van der Waals surface area contributed by atoms with Crippen molar-refractivity contribution in [2.24, 2.45) is 40.4 Å². The molecule has 4 saturated carbocycles. The van der Waals surface area contributed by atoms with Gasteiger partial charge in [0.2, 0.25) is 0 Å². The Kier molecular flexibility index (Phi) is 5.55. The second-order valence-corrected chi connectivity index (χ2v) is 11.1. The van der Waals surface area contributed by atoms with Crippen LogP contribution >= 0.6 is 0 Å². The van der Waals surface area contributed by atoms with Crippen molar-refractivity contribution >= 4 is 17.7 Å². The molecular weight excluding hydrogens is 380 g/mol. The van der Waals surface area contributed by atoms with Gasteiger partial charge in [0.1, 0.15) is 18.0 Å². The molecule has 0 aliphatic heterocycles. The second kappa shape index (κ2) is 7.63. The van der Waals surface area contributed by atoms with Crippen LogP contribution in [0.3, 0.4) is 0 Å². The minimum atomic E-state index is -0.239. The van der Waals surface area contributed by atoms with Gasteiger partial charge in [-0.25, -0.2) is 0 Å². The van der Waals surface area contributed by atoms with E-state index < -0.39 is 0 Å². The number of fused-ring (bicyclic) bond motifs is 5. The minimum absolute atomic E-state index is 0.00182. The summed E-state index contributed by atoms with van der Waals surface area (Å²) >= 11 is 0. The molecule has 0 radical (unpaired) electrons. The van der Waals surface area contributed by atoms with Gasteiger partial charge in [-0.05, 0) is 87.4 Å². The predicted molar refractivity (Wildman–Crippen MR) is 112 cm³/mol. The summed E-state index contributed by atoms with van der Waals surface area (Å²) in [4.78, 5) is 36.0. The molecule has 4 aliphatic carbocycles. The number of Topliss-reactive ketones (excluding diaryl/α,β-unsaturated/α-hetero) is 1. The molecule has 4 fully saturated rings. The summed E-state index contributed by atoms with van der Waals surface area (Å²) in [7, 11) is 0. The minimum Gasteiger partial charge on any atom is -0.463 e. The summed E-state index contributed by atoms with van der Waals surface area (Å²) in [5.74, 6) is 1.92. The van der Waals surface area contributed by atoms with Gasteiger partial charge >= 0.3 is 11.9 Å². The largest absolute Gasteiger partial charge is 0.463 e. The van der Waals surface area contributed by atoms with Crippen LogP contribution in [-0.2, 0) is 23.9 Å². The van der Waals surface area contributed by atoms with Gasteiger partial charge in [0.25, 0.3) is 0 Å². The molecule has 0 aromatic carbocycles. The van der Waals surface area contributed by atoms with Crippen LogP contribution in [0.2, 0.25) is 0 Å². The Balaban J connectivity index is 1.64. The first-order chi connectivity index (χ1) is 14.1. The van der Waals surface area contributed by atoms with Gasteiger partial charge in [-0.15, -0.1) is 0 Å². The van der Waals surface area contributed by atoms with Gasteiger partial charge in [0.15, 0.2) is 0 Å². The van der Waals surface area contributed by atoms with Gasteiger partial charge in [0, 0.05) is 25.2 Å². The van der Waals surface area contributed by atoms with Gasteiger partial charge in [0.05, 0.1) is 0 Å². The zero-order valence-electron chi connectivity index (χ0n) is 19.2. The Hall–Kier alpha value is -1.39. The highest BCUT2D eigenvalue weighted by atomic mass is 16.5. The third-order valence-electron chi connectivity index (χ3n) is 9.82. The molecule has 4 aliphatic rings. The second-order valence-electron chi connectivity index (χ2n) is 11.1. The van der Waals surface area contributed by atoms with Gasteiger partial charge in [-0.2, -0.15) is 0 Å². The Bertz CT molecular complexity index is 731. The summed E-state index contributed by atoms with van der Waals surface area (Å²) < 4.78 is 11.6. The van der Waals surface area contributed by atoms with Crippen LogP contribution in [0.15, 0.2) is 0 Å². The van der Waals surface area contributed by atoms with Crippen molar-refractivity contribution in [1.29, 1.82) is 0 Å². The lowest BCUT2D eigenvalue weighted by Crippen LogP contribution is -2.59. The number of hydrogen-bond donors (Lipinski definition) is 0. The zero-order chi connectivity index (χ0) is 21.8. The van der Waals surface area contributed by atoms with E-state index in [1.165, 1.54) is 26.7 Å². The fraction of sp³-hybridized carbons (Fsp3) is 0.880. The van der Waals surface area contributed by atoms with E-state index in [0.29, 0.717) is 23.7 Å². The van der Waals surface area contributed by atoms with E-state index in [2.05, 4.69) is 13.8 Å². The van der Waals surface area contributed by atoms with Crippen LogP contribution < -0.4 is 0 Å². The zero-order valence-corrected chi connectivity index (χ0v) is 19.2. The molecule has 0 heterocycles. The van der Waals surface area contributed by atoms with Crippen molar-refractivity contribution in [3.8, 4) is 0 Å². The third-order valence-corrected chi connectivity index (χ3v) is 9.82. The average molecular weight is 419 g/mol. The Morgan fingerprint density at radius 3 is 2.13 bits per heavy atom. The Labute approximate surface area is 180 Å². The van der Waals surface area contributed by atoms with E-state index in [4.69, 9.17) is 9.47 Å². The molecule has 4 rings (SSSR count). The van der Waals surface area contributed by atoms with Crippen molar-refractivity contribution in [3.05, 3.63) is 0 Å². The van der Waals surface area contributed by atoms with E-state index in [9.17, 15) is 14.4 Å². The Morgan fingerprint density at radius 1 is 0.800 bits per heavy atom. The maximum absolute atomic E-state index is 12.5. The molecule has 30 heavy (non-hydrogen) atoms. The predicted octanol–water partition coefficient (Wildman–Crippen LogP) is 4.71. The molecule has 0 saturated heterocycles. The first-order valence-corrected chi connectivity index (χ1v) is 11.9. The van der Waals surface area contributed by atoms with Crippen molar-refractivity contribution in [2.45, 2.75) is 98.2 Å². The van der Waals surface area contributed by atoms with Gasteiger partial charge in [-0.1, -0.05) is 13.8 Å². The third kappa shape index (κ3) is 3.31. The summed E-state index contributed by atoms with van der Waals surface area (Å²) in [5, 5.41) is 0. The van der Waals surface area contributed by atoms with E-state index in [1.807, 2.05) is 0 Å². The summed E-state index contributed by atoms with van der Waals surface area (Å²) in [6, 6.07) is 0. The van der Waals surface area contributed by atoms with Crippen LogP contribution in [0, 0.1) is 40.4 Å². The number of carbonyl (C=O) groups is 3. The number of rotatable bonds is 3. The summed E-state index contributed by atoms with van der Waals surface area (Å²) in [5.41, 5.74) is -0.0512. The quantitative estimate of drug-likeness (QED) is 0.621. The molecule has 9 atom stereocenters. The summed E-state index contributed by atoms with van der Waals surface area (Å²) in [6.07, 6.45) is 8.00. The number of esters is 2. The lowest BCUT2D eigenvalue weighted by Gasteiger charge is -2.62. The topological polar surface area (TPSA) is 69.7 Å². The Morgan fingerprint density at radius 2 is 1.50 bits per heavy atom. The highest BCUT2D eigenvalue weighted by molar-refractivity contribution is 5.80. The molecule has 5 heteroatoms. The molecule has 0 spiro atoms. The normalized spacial score (nSPS) is 47.4. The lowest BCUT2D eigenvalue weighted by molar-refractivity contribution is -0.195. The maximum atomic E-state index is 12.5. The first kappa shape index (κ1) is 21.8. The maximum Gasteiger partial charge on any atom is 0.302 e. The molecule has 0 aromatic rings. The van der Waals surface area contributed by atoms with E-state index in [0.717, 1.165) is 38.5 Å². The van der Waals surface area contributed by atoms with Crippen LogP contribution in [0.25, 0.3) is 0 Å². The van der Waals surface area contributed by atoms with E-state index in [-0.39, 0.29) is 46.7 Å². The highest BCUT2D eigenvalue weighted by Crippen LogP contribution is 2.68. The standard InChI is InChI=1S/C25H38O5/c1-14(26)20-8-9-21-19-7-6-17-12-18(29-15(2)27)10-11-24(17,4)22(19)13-23(25(20,21)5)30-16(3)28/h17-23H,6-13H2,1-5H3/t17-,18+,19-,20+,21-,22-,23-,24-,25+/m0/s1. The van der Waals surface area contributed by atoms with Crippen LogP contribution in [-0.4, -0.2) is 29.9 Å².